The normalized spacial score (nSPS) is 17.6. The third kappa shape index (κ3) is 5.67. The number of rotatable bonds is 9. The Morgan fingerprint density at radius 3 is 2.57 bits per heavy atom. The number of aromatic amines is 1. The van der Waals surface area contributed by atoms with Crippen molar-refractivity contribution in [1.82, 2.24) is 20.1 Å². The number of nitrogens with one attached hydrogen (secondary N) is 2. The zero-order valence-corrected chi connectivity index (χ0v) is 21.2. The van der Waals surface area contributed by atoms with E-state index in [1.807, 2.05) is 37.4 Å². The second-order valence-electron chi connectivity index (χ2n) is 9.50. The Hall–Kier alpha value is -3.72. The molecule has 0 aliphatic carbocycles. The van der Waals surface area contributed by atoms with Crippen molar-refractivity contribution in [2.45, 2.75) is 50.7 Å². The van der Waals surface area contributed by atoms with Crippen molar-refractivity contribution < 1.29 is 18.8 Å². The summed E-state index contributed by atoms with van der Waals surface area (Å²) in [4.78, 5) is 46.5. The number of piperazine rings is 1. The van der Waals surface area contributed by atoms with Crippen LogP contribution in [0, 0.1) is 5.82 Å². The van der Waals surface area contributed by atoms with Crippen molar-refractivity contribution >= 4 is 28.6 Å². The second-order valence-corrected chi connectivity index (χ2v) is 9.50. The average molecular weight is 508 g/mol. The van der Waals surface area contributed by atoms with Crippen molar-refractivity contribution in [2.24, 2.45) is 5.73 Å². The highest BCUT2D eigenvalue weighted by Gasteiger charge is 2.42. The number of nitrogens with two attached hydrogens (primary N) is 1. The van der Waals surface area contributed by atoms with Crippen LogP contribution < -0.4 is 11.1 Å². The zero-order valence-electron chi connectivity index (χ0n) is 21.2. The van der Waals surface area contributed by atoms with Crippen LogP contribution in [-0.4, -0.2) is 70.8 Å². The van der Waals surface area contributed by atoms with Gasteiger partial charge in [0.2, 0.25) is 17.7 Å². The minimum absolute atomic E-state index is 0.231. The molecule has 2 heterocycles. The first-order valence-corrected chi connectivity index (χ1v) is 12.7. The first kappa shape index (κ1) is 26.3. The van der Waals surface area contributed by atoms with Gasteiger partial charge >= 0.3 is 0 Å². The molecule has 196 valence electrons. The smallest absolute Gasteiger partial charge is 0.246 e. The van der Waals surface area contributed by atoms with E-state index in [-0.39, 0.29) is 43.0 Å². The number of carbonyl (C=O) groups is 3. The van der Waals surface area contributed by atoms with E-state index in [4.69, 9.17) is 5.73 Å². The maximum Gasteiger partial charge on any atom is 0.246 e. The molecule has 0 saturated carbocycles. The molecule has 4 rings (SSSR count). The molecule has 1 aromatic heterocycles. The van der Waals surface area contributed by atoms with E-state index in [2.05, 4.69) is 10.3 Å². The van der Waals surface area contributed by atoms with Gasteiger partial charge in [-0.3, -0.25) is 14.4 Å². The van der Waals surface area contributed by atoms with Crippen LogP contribution >= 0.6 is 0 Å². The van der Waals surface area contributed by atoms with Crippen LogP contribution in [0.4, 0.5) is 4.39 Å². The molecule has 8 nitrogen and oxygen atoms in total. The van der Waals surface area contributed by atoms with Gasteiger partial charge in [0.15, 0.2) is 0 Å². The quantitative estimate of drug-likeness (QED) is 0.413. The summed E-state index contributed by atoms with van der Waals surface area (Å²) in [5.74, 6) is -1.17. The van der Waals surface area contributed by atoms with Gasteiger partial charge in [0, 0.05) is 43.7 Å². The van der Waals surface area contributed by atoms with Crippen molar-refractivity contribution in [3.05, 3.63) is 71.7 Å². The van der Waals surface area contributed by atoms with E-state index < -0.39 is 18.1 Å². The second kappa shape index (κ2) is 11.6. The summed E-state index contributed by atoms with van der Waals surface area (Å²) < 4.78 is 13.3. The number of aromatic nitrogens is 1. The Bertz CT molecular complexity index is 1260. The Kier molecular flexibility index (Phi) is 8.23. The molecule has 2 aromatic carbocycles. The molecule has 3 atom stereocenters. The Balaban J connectivity index is 1.54. The molecule has 1 fully saturated rings. The Morgan fingerprint density at radius 1 is 1.14 bits per heavy atom. The van der Waals surface area contributed by atoms with Gasteiger partial charge in [-0.05, 0) is 42.2 Å². The van der Waals surface area contributed by atoms with Crippen molar-refractivity contribution in [3.8, 4) is 0 Å². The average Bonchev–Trinajstić information content (AvgIpc) is 3.32. The van der Waals surface area contributed by atoms with Gasteiger partial charge in [0.25, 0.3) is 0 Å². The lowest BCUT2D eigenvalue weighted by Gasteiger charge is -2.44. The first-order chi connectivity index (χ1) is 17.8. The minimum Gasteiger partial charge on any atom is -0.361 e. The fourth-order valence-corrected chi connectivity index (χ4v) is 5.13. The number of hydrogen-bond acceptors (Lipinski definition) is 4. The summed E-state index contributed by atoms with van der Waals surface area (Å²) in [5, 5.41) is 3.71. The number of hydrogen-bond donors (Lipinski definition) is 3. The maximum atomic E-state index is 13.8. The summed E-state index contributed by atoms with van der Waals surface area (Å²) >= 11 is 0. The molecule has 0 radical (unpaired) electrons. The maximum absolute atomic E-state index is 13.8. The van der Waals surface area contributed by atoms with Gasteiger partial charge in [-0.15, -0.1) is 0 Å². The largest absolute Gasteiger partial charge is 0.361 e. The SMILES string of the molecule is CCC[C@H]1C(=O)N(C(Cc2c[nH]c3ccccc23)C(=O)NC)CCN1C(=O)C(N)Cc1ccc(F)cc1. The number of nitrogens with zero attached hydrogens (tertiary/aromatic N) is 2. The van der Waals surface area contributed by atoms with E-state index in [0.29, 0.717) is 19.3 Å². The van der Waals surface area contributed by atoms with E-state index in [1.54, 1.807) is 29.0 Å². The summed E-state index contributed by atoms with van der Waals surface area (Å²) in [5.41, 5.74) is 8.91. The zero-order chi connectivity index (χ0) is 26.5. The molecule has 9 heteroatoms. The predicted octanol–water partition coefficient (Wildman–Crippen LogP) is 2.37. The van der Waals surface area contributed by atoms with Gasteiger partial charge in [-0.1, -0.05) is 43.7 Å². The fourth-order valence-electron chi connectivity index (χ4n) is 5.13. The number of carbonyl (C=O) groups excluding carboxylic acids is 3. The topological polar surface area (TPSA) is 112 Å². The molecule has 3 amide bonds. The molecule has 37 heavy (non-hydrogen) atoms. The molecule has 1 saturated heterocycles. The number of likely N-dealkylation sites (N-methyl/N-ethyl adjacent to an activating group) is 1. The molecule has 1 aliphatic rings. The highest BCUT2D eigenvalue weighted by Crippen LogP contribution is 2.25. The van der Waals surface area contributed by atoms with Gasteiger partial charge in [-0.25, -0.2) is 4.39 Å². The van der Waals surface area contributed by atoms with Crippen molar-refractivity contribution in [3.63, 3.8) is 0 Å². The van der Waals surface area contributed by atoms with Crippen LogP contribution in [0.1, 0.15) is 30.9 Å². The summed E-state index contributed by atoms with van der Waals surface area (Å²) in [6.45, 7) is 2.47. The van der Waals surface area contributed by atoms with E-state index >= 15 is 0 Å². The first-order valence-electron chi connectivity index (χ1n) is 12.7. The number of benzene rings is 2. The third-order valence-corrected chi connectivity index (χ3v) is 7.07. The third-order valence-electron chi connectivity index (χ3n) is 7.07. The highest BCUT2D eigenvalue weighted by molar-refractivity contribution is 5.94. The fraction of sp³-hybridized carbons (Fsp3) is 0.393. The number of amides is 3. The van der Waals surface area contributed by atoms with E-state index in [1.165, 1.54) is 12.1 Å². The van der Waals surface area contributed by atoms with Gasteiger partial charge < -0.3 is 25.8 Å². The van der Waals surface area contributed by atoms with E-state index in [9.17, 15) is 18.8 Å². The van der Waals surface area contributed by atoms with Crippen LogP contribution in [-0.2, 0) is 27.2 Å². The van der Waals surface area contributed by atoms with E-state index in [0.717, 1.165) is 22.0 Å². The van der Waals surface area contributed by atoms with Crippen LogP contribution in [0.25, 0.3) is 10.9 Å². The monoisotopic (exact) mass is 507 g/mol. The lowest BCUT2D eigenvalue weighted by Crippen LogP contribution is -2.65. The standard InChI is InChI=1S/C28H34FN5O3/c1-3-6-24-28(37)34(14-13-33(24)27(36)22(30)15-18-9-11-20(29)12-10-18)25(26(35)31-2)16-19-17-32-23-8-5-4-7-21(19)23/h4-5,7-12,17,22,24-25,32H,3,6,13-16,30H2,1-2H3,(H,31,35)/t22?,24-,25?/m0/s1. The lowest BCUT2D eigenvalue weighted by molar-refractivity contribution is -0.156. The summed E-state index contributed by atoms with van der Waals surface area (Å²) in [6, 6.07) is 11.5. The lowest BCUT2D eigenvalue weighted by atomic mass is 9.97. The molecular formula is C28H34FN5O3. The summed E-state index contributed by atoms with van der Waals surface area (Å²) in [7, 11) is 1.56. The van der Waals surface area contributed by atoms with Gasteiger partial charge in [0.1, 0.15) is 17.9 Å². The van der Waals surface area contributed by atoms with Gasteiger partial charge in [-0.2, -0.15) is 0 Å². The molecule has 1 aliphatic heterocycles. The number of fused-ring (bicyclic) bond motifs is 1. The molecule has 0 bridgehead atoms. The molecular weight excluding hydrogens is 473 g/mol. The van der Waals surface area contributed by atoms with Crippen LogP contribution in [0.2, 0.25) is 0 Å². The molecule has 0 spiro atoms. The Morgan fingerprint density at radius 2 is 1.86 bits per heavy atom. The summed E-state index contributed by atoms with van der Waals surface area (Å²) in [6.07, 6.45) is 3.63. The number of H-pyrrole nitrogens is 1. The van der Waals surface area contributed by atoms with Crippen LogP contribution in [0.15, 0.2) is 54.7 Å². The number of halogens is 1. The van der Waals surface area contributed by atoms with Gasteiger partial charge in [0.05, 0.1) is 6.04 Å². The predicted molar refractivity (Wildman–Crippen MR) is 140 cm³/mol. The van der Waals surface area contributed by atoms with Crippen LogP contribution in [0.3, 0.4) is 0 Å². The van der Waals surface area contributed by atoms with Crippen molar-refractivity contribution in [1.29, 1.82) is 0 Å². The van der Waals surface area contributed by atoms with Crippen LogP contribution in [0.5, 0.6) is 0 Å². The Labute approximate surface area is 216 Å². The van der Waals surface area contributed by atoms with Crippen molar-refractivity contribution in [2.75, 3.05) is 20.1 Å². The minimum atomic E-state index is -0.856. The molecule has 3 aromatic rings. The number of para-hydroxylation sites is 1. The molecule has 2 unspecified atom stereocenters. The molecule has 4 N–H and O–H groups in total. The highest BCUT2D eigenvalue weighted by atomic mass is 19.1.